The SMILES string of the molecule is C=CCN1CCC(NC(=NCCCNC(=O)c2cccc(O)c2)NCC)CC1.I. The van der Waals surface area contributed by atoms with Crippen molar-refractivity contribution in [1.82, 2.24) is 20.9 Å². The van der Waals surface area contributed by atoms with Gasteiger partial charge in [0.2, 0.25) is 0 Å². The number of rotatable bonds is 9. The maximum Gasteiger partial charge on any atom is 0.251 e. The van der Waals surface area contributed by atoms with E-state index in [1.54, 1.807) is 18.2 Å². The van der Waals surface area contributed by atoms with E-state index in [9.17, 15) is 9.90 Å². The molecule has 0 unspecified atom stereocenters. The third-order valence-corrected chi connectivity index (χ3v) is 4.66. The maximum atomic E-state index is 12.0. The molecular weight excluding hydrogens is 481 g/mol. The van der Waals surface area contributed by atoms with Crippen LogP contribution in [0.5, 0.6) is 5.75 Å². The number of phenols is 1. The second kappa shape index (κ2) is 14.2. The Bertz CT molecular complexity index is 660. The Kier molecular flexibility index (Phi) is 12.4. The van der Waals surface area contributed by atoms with Crippen LogP contribution in [0.25, 0.3) is 0 Å². The molecule has 1 heterocycles. The monoisotopic (exact) mass is 515 g/mol. The highest BCUT2D eigenvalue weighted by atomic mass is 127. The normalized spacial score (nSPS) is 15.3. The minimum atomic E-state index is -0.184. The van der Waals surface area contributed by atoms with E-state index in [1.165, 1.54) is 6.07 Å². The molecule has 1 aromatic rings. The van der Waals surface area contributed by atoms with Crippen molar-refractivity contribution in [1.29, 1.82) is 0 Å². The number of halogens is 1. The fourth-order valence-electron chi connectivity index (χ4n) is 3.18. The van der Waals surface area contributed by atoms with Crippen LogP contribution in [0.1, 0.15) is 36.5 Å². The minimum absolute atomic E-state index is 0. The molecule has 162 valence electrons. The number of carbonyl (C=O) groups is 1. The molecule has 7 nitrogen and oxygen atoms in total. The van der Waals surface area contributed by atoms with Crippen molar-refractivity contribution in [2.45, 2.75) is 32.2 Å². The van der Waals surface area contributed by atoms with E-state index < -0.39 is 0 Å². The van der Waals surface area contributed by atoms with Gasteiger partial charge >= 0.3 is 0 Å². The smallest absolute Gasteiger partial charge is 0.251 e. The van der Waals surface area contributed by atoms with E-state index >= 15 is 0 Å². The van der Waals surface area contributed by atoms with E-state index in [0.29, 0.717) is 24.7 Å². The second-order valence-electron chi connectivity index (χ2n) is 6.93. The molecular formula is C21H34IN5O2. The number of carbonyl (C=O) groups excluding carboxylic acids is 1. The lowest BCUT2D eigenvalue weighted by molar-refractivity contribution is 0.0953. The standard InChI is InChI=1S/C21H33N5O2.HI/c1-3-13-26-14-9-18(10-15-26)25-21(22-4-2)24-12-6-11-23-20(28)17-7-5-8-19(27)16-17;/h3,5,7-8,16,18,27H,1,4,6,9-15H2,2H3,(H,23,28)(H2,22,24,25);1H. The number of hydrogen-bond acceptors (Lipinski definition) is 4. The number of phenolic OH excluding ortho intramolecular Hbond substituents is 1. The Morgan fingerprint density at radius 3 is 2.76 bits per heavy atom. The van der Waals surface area contributed by atoms with E-state index in [0.717, 1.165) is 51.4 Å². The number of guanidine groups is 1. The second-order valence-corrected chi connectivity index (χ2v) is 6.93. The molecule has 0 saturated carbocycles. The maximum absolute atomic E-state index is 12.0. The van der Waals surface area contributed by atoms with Crippen molar-refractivity contribution in [2.24, 2.45) is 4.99 Å². The van der Waals surface area contributed by atoms with E-state index in [2.05, 4.69) is 39.3 Å². The Morgan fingerprint density at radius 2 is 2.10 bits per heavy atom. The number of hydrogen-bond donors (Lipinski definition) is 4. The molecule has 0 aliphatic carbocycles. The highest BCUT2D eigenvalue weighted by Gasteiger charge is 2.18. The van der Waals surface area contributed by atoms with E-state index in [4.69, 9.17) is 0 Å². The van der Waals surface area contributed by atoms with Gasteiger partial charge < -0.3 is 21.1 Å². The first-order valence-corrected chi connectivity index (χ1v) is 10.1. The molecule has 2 rings (SSSR count). The number of piperidine rings is 1. The van der Waals surface area contributed by atoms with Crippen LogP contribution in [0, 0.1) is 0 Å². The average molecular weight is 515 g/mol. The van der Waals surface area contributed by atoms with Gasteiger partial charge in [0.15, 0.2) is 5.96 Å². The van der Waals surface area contributed by atoms with Gasteiger partial charge in [0.1, 0.15) is 5.75 Å². The molecule has 1 saturated heterocycles. The number of benzene rings is 1. The van der Waals surface area contributed by atoms with E-state index in [1.807, 2.05) is 6.08 Å². The van der Waals surface area contributed by atoms with Crippen molar-refractivity contribution in [2.75, 3.05) is 39.3 Å². The van der Waals surface area contributed by atoms with Crippen molar-refractivity contribution in [3.05, 3.63) is 42.5 Å². The zero-order chi connectivity index (χ0) is 20.2. The van der Waals surface area contributed by atoms with E-state index in [-0.39, 0.29) is 35.6 Å². The lowest BCUT2D eigenvalue weighted by atomic mass is 10.1. The van der Waals surface area contributed by atoms with Crippen LogP contribution in [0.4, 0.5) is 0 Å². The van der Waals surface area contributed by atoms with Crippen LogP contribution in [0.2, 0.25) is 0 Å². The first-order valence-electron chi connectivity index (χ1n) is 10.1. The Morgan fingerprint density at radius 1 is 1.34 bits per heavy atom. The van der Waals surface area contributed by atoms with Gasteiger partial charge in [-0.1, -0.05) is 12.1 Å². The number of aromatic hydroxyl groups is 1. The number of aliphatic imine (C=N–C) groups is 1. The first-order chi connectivity index (χ1) is 13.6. The highest BCUT2D eigenvalue weighted by molar-refractivity contribution is 14.0. The van der Waals surface area contributed by atoms with Gasteiger partial charge in [-0.05, 0) is 44.4 Å². The summed E-state index contributed by atoms with van der Waals surface area (Å²) in [5, 5.41) is 19.1. The van der Waals surface area contributed by atoms with Crippen molar-refractivity contribution < 1.29 is 9.90 Å². The van der Waals surface area contributed by atoms with Gasteiger partial charge in [0, 0.05) is 50.9 Å². The zero-order valence-corrected chi connectivity index (χ0v) is 19.5. The molecule has 0 bridgehead atoms. The summed E-state index contributed by atoms with van der Waals surface area (Å²) in [6, 6.07) is 6.78. The van der Waals surface area contributed by atoms with Crippen molar-refractivity contribution in [3.63, 3.8) is 0 Å². The molecule has 0 spiro atoms. The summed E-state index contributed by atoms with van der Waals surface area (Å²) in [6.45, 7) is 10.9. The summed E-state index contributed by atoms with van der Waals surface area (Å²) < 4.78 is 0. The summed E-state index contributed by atoms with van der Waals surface area (Å²) >= 11 is 0. The third kappa shape index (κ3) is 9.49. The van der Waals surface area contributed by atoms with Gasteiger partial charge in [-0.15, -0.1) is 30.6 Å². The average Bonchev–Trinajstić information content (AvgIpc) is 2.69. The van der Waals surface area contributed by atoms with Gasteiger partial charge in [0.25, 0.3) is 5.91 Å². The molecule has 4 N–H and O–H groups in total. The summed E-state index contributed by atoms with van der Waals surface area (Å²) in [5.41, 5.74) is 0.460. The molecule has 0 aromatic heterocycles. The quantitative estimate of drug-likeness (QED) is 0.133. The van der Waals surface area contributed by atoms with Gasteiger partial charge in [-0.3, -0.25) is 14.7 Å². The highest BCUT2D eigenvalue weighted by Crippen LogP contribution is 2.11. The Balaban J connectivity index is 0.00000420. The number of nitrogens with zero attached hydrogens (tertiary/aromatic N) is 2. The number of amides is 1. The number of nitrogens with one attached hydrogen (secondary N) is 3. The fraction of sp³-hybridized carbons (Fsp3) is 0.524. The van der Waals surface area contributed by atoms with Crippen LogP contribution in [0.3, 0.4) is 0 Å². The minimum Gasteiger partial charge on any atom is -0.508 e. The van der Waals surface area contributed by atoms with Gasteiger partial charge in [-0.2, -0.15) is 0 Å². The molecule has 1 aliphatic heterocycles. The lowest BCUT2D eigenvalue weighted by Crippen LogP contribution is -2.48. The van der Waals surface area contributed by atoms with Crippen LogP contribution in [-0.4, -0.2) is 67.2 Å². The molecule has 1 fully saturated rings. The first kappa shape index (κ1) is 25.2. The van der Waals surface area contributed by atoms with Gasteiger partial charge in [-0.25, -0.2) is 0 Å². The summed E-state index contributed by atoms with van der Waals surface area (Å²) in [4.78, 5) is 19.1. The summed E-state index contributed by atoms with van der Waals surface area (Å²) in [5.74, 6) is 0.745. The van der Waals surface area contributed by atoms with Crippen LogP contribution >= 0.6 is 24.0 Å². The Labute approximate surface area is 191 Å². The van der Waals surface area contributed by atoms with Crippen LogP contribution < -0.4 is 16.0 Å². The zero-order valence-electron chi connectivity index (χ0n) is 17.2. The van der Waals surface area contributed by atoms with Gasteiger partial charge in [0.05, 0.1) is 0 Å². The fourth-order valence-corrected chi connectivity index (χ4v) is 3.18. The predicted molar refractivity (Wildman–Crippen MR) is 129 cm³/mol. The molecule has 1 aliphatic rings. The lowest BCUT2D eigenvalue weighted by Gasteiger charge is -2.32. The largest absolute Gasteiger partial charge is 0.508 e. The summed E-state index contributed by atoms with van der Waals surface area (Å²) in [7, 11) is 0. The summed E-state index contributed by atoms with van der Waals surface area (Å²) in [6.07, 6.45) is 4.90. The molecule has 0 atom stereocenters. The molecule has 8 heteroatoms. The Hall–Kier alpha value is -1.81. The molecule has 0 radical (unpaired) electrons. The number of likely N-dealkylation sites (tertiary alicyclic amines) is 1. The van der Waals surface area contributed by atoms with Crippen LogP contribution in [-0.2, 0) is 0 Å². The molecule has 29 heavy (non-hydrogen) atoms. The topological polar surface area (TPSA) is 89.0 Å². The van der Waals surface area contributed by atoms with Crippen LogP contribution in [0.15, 0.2) is 41.9 Å². The van der Waals surface area contributed by atoms with Crippen molar-refractivity contribution in [3.8, 4) is 5.75 Å². The molecule has 1 aromatic carbocycles. The predicted octanol–water partition coefficient (Wildman–Crippen LogP) is 2.34. The molecule has 1 amide bonds. The third-order valence-electron chi connectivity index (χ3n) is 4.66. The van der Waals surface area contributed by atoms with Crippen molar-refractivity contribution >= 4 is 35.8 Å².